The summed E-state index contributed by atoms with van der Waals surface area (Å²) in [5.74, 6) is 0. The number of nitrogens with zero attached hydrogens (tertiary/aromatic N) is 1. The molecule has 0 aliphatic rings. The van der Waals surface area contributed by atoms with Gasteiger partial charge in [0, 0.05) is 0 Å². The van der Waals surface area contributed by atoms with Gasteiger partial charge in [-0.2, -0.15) is 0 Å². The number of hydrogen-bond acceptors (Lipinski definition) is 5. The zero-order valence-corrected chi connectivity index (χ0v) is 8.55. The normalized spacial score (nSPS) is 19.1. The van der Waals surface area contributed by atoms with Gasteiger partial charge >= 0.3 is 16.5 Å². The highest BCUT2D eigenvalue weighted by Gasteiger charge is 2.16. The standard InChI is InChI=1S/C3H11NO6P2/c1-4(2)3(9-11(5)6)10-12(7)8/h3,11-12H,1-2H3,(H,5,6)(H,7,8). The molecule has 12 heavy (non-hydrogen) atoms. The van der Waals surface area contributed by atoms with E-state index in [0.717, 1.165) is 0 Å². The van der Waals surface area contributed by atoms with E-state index in [1.165, 1.54) is 19.0 Å². The third kappa shape index (κ3) is 5.85. The summed E-state index contributed by atoms with van der Waals surface area (Å²) >= 11 is 0. The molecule has 0 radical (unpaired) electrons. The van der Waals surface area contributed by atoms with Gasteiger partial charge in [-0.3, -0.25) is 23.1 Å². The Bertz CT molecular complexity index is 168. The maximum absolute atomic E-state index is 10.2. The summed E-state index contributed by atoms with van der Waals surface area (Å²) in [5, 5.41) is 0. The van der Waals surface area contributed by atoms with Crippen molar-refractivity contribution in [2.45, 2.75) is 6.41 Å². The smallest absolute Gasteiger partial charge is 0.319 e. The molecule has 2 N–H and O–H groups in total. The maximum Gasteiger partial charge on any atom is 0.319 e. The lowest BCUT2D eigenvalue weighted by molar-refractivity contribution is -0.0945. The van der Waals surface area contributed by atoms with Crippen molar-refractivity contribution in [2.75, 3.05) is 14.1 Å². The molecule has 2 unspecified atom stereocenters. The van der Waals surface area contributed by atoms with Gasteiger partial charge < -0.3 is 9.79 Å². The van der Waals surface area contributed by atoms with Crippen LogP contribution in [0.1, 0.15) is 0 Å². The summed E-state index contributed by atoms with van der Waals surface area (Å²) in [4.78, 5) is 17.9. The third-order valence-corrected chi connectivity index (χ3v) is 1.63. The van der Waals surface area contributed by atoms with Crippen molar-refractivity contribution in [2.24, 2.45) is 0 Å². The van der Waals surface area contributed by atoms with Crippen molar-refractivity contribution >= 4 is 16.5 Å². The Labute approximate surface area is 70.8 Å². The van der Waals surface area contributed by atoms with Crippen LogP contribution in [0.25, 0.3) is 0 Å². The SMILES string of the molecule is CN(C)C(O[PH](=O)O)O[PH](=O)O. The lowest BCUT2D eigenvalue weighted by Crippen LogP contribution is -2.29. The van der Waals surface area contributed by atoms with Crippen molar-refractivity contribution in [1.29, 1.82) is 0 Å². The van der Waals surface area contributed by atoms with E-state index in [2.05, 4.69) is 9.05 Å². The number of rotatable bonds is 5. The minimum atomic E-state index is -3.17. The molecular weight excluding hydrogens is 208 g/mol. The molecule has 7 nitrogen and oxygen atoms in total. The molecule has 0 rings (SSSR count). The van der Waals surface area contributed by atoms with Gasteiger partial charge in [-0.25, -0.2) is 0 Å². The summed E-state index contributed by atoms with van der Waals surface area (Å²) < 4.78 is 28.9. The maximum atomic E-state index is 10.2. The third-order valence-electron chi connectivity index (χ3n) is 0.825. The molecule has 0 aromatic heterocycles. The minimum absolute atomic E-state index is 1.25. The summed E-state index contributed by atoms with van der Waals surface area (Å²) in [6.45, 7) is 0. The molecule has 0 aliphatic carbocycles. The molecule has 9 heteroatoms. The molecule has 0 aliphatic heterocycles. The van der Waals surface area contributed by atoms with Crippen LogP contribution in [0.3, 0.4) is 0 Å². The first-order chi connectivity index (χ1) is 5.43. The summed E-state index contributed by atoms with van der Waals surface area (Å²) in [6.07, 6.45) is -1.27. The minimum Gasteiger partial charge on any atom is -0.326 e. The highest BCUT2D eigenvalue weighted by molar-refractivity contribution is 7.32. The topological polar surface area (TPSA) is 96.3 Å². The zero-order chi connectivity index (χ0) is 9.72. The lowest BCUT2D eigenvalue weighted by Gasteiger charge is -2.20. The first-order valence-electron chi connectivity index (χ1n) is 2.89. The molecule has 0 aromatic rings. The van der Waals surface area contributed by atoms with Crippen molar-refractivity contribution in [3.63, 3.8) is 0 Å². The van der Waals surface area contributed by atoms with E-state index in [1.54, 1.807) is 0 Å². The highest BCUT2D eigenvalue weighted by atomic mass is 31.1. The van der Waals surface area contributed by atoms with Gasteiger partial charge in [-0.1, -0.05) is 0 Å². The Hall–Kier alpha value is 0.260. The quantitative estimate of drug-likeness (QED) is 0.480. The van der Waals surface area contributed by atoms with Crippen LogP contribution in [0.2, 0.25) is 0 Å². The Kier molecular flexibility index (Phi) is 5.96. The Morgan fingerprint density at radius 2 is 1.50 bits per heavy atom. The van der Waals surface area contributed by atoms with Gasteiger partial charge in [-0.15, -0.1) is 0 Å². The van der Waals surface area contributed by atoms with E-state index < -0.39 is 22.9 Å². The molecule has 0 aromatic carbocycles. The van der Waals surface area contributed by atoms with E-state index in [1.807, 2.05) is 0 Å². The van der Waals surface area contributed by atoms with Crippen LogP contribution in [0.5, 0.6) is 0 Å². The van der Waals surface area contributed by atoms with E-state index in [-0.39, 0.29) is 0 Å². The van der Waals surface area contributed by atoms with Crippen LogP contribution in [0.15, 0.2) is 0 Å². The Balaban J connectivity index is 4.04. The summed E-state index contributed by atoms with van der Waals surface area (Å²) in [6, 6.07) is 0. The van der Waals surface area contributed by atoms with Crippen LogP contribution >= 0.6 is 16.5 Å². The molecule has 0 heterocycles. The lowest BCUT2D eigenvalue weighted by atomic mass is 10.9. The van der Waals surface area contributed by atoms with Gasteiger partial charge in [0.15, 0.2) is 0 Å². The highest BCUT2D eigenvalue weighted by Crippen LogP contribution is 2.26. The Morgan fingerprint density at radius 1 is 1.17 bits per heavy atom. The van der Waals surface area contributed by atoms with E-state index in [0.29, 0.717) is 0 Å². The molecule has 0 amide bonds. The van der Waals surface area contributed by atoms with Gasteiger partial charge in [0.25, 0.3) is 0 Å². The molecule has 0 saturated heterocycles. The average Bonchev–Trinajstić information content (AvgIpc) is 1.83. The fraction of sp³-hybridized carbons (Fsp3) is 1.00. The second-order valence-electron chi connectivity index (χ2n) is 2.04. The van der Waals surface area contributed by atoms with Crippen LogP contribution in [0.4, 0.5) is 0 Å². The van der Waals surface area contributed by atoms with E-state index >= 15 is 0 Å². The largest absolute Gasteiger partial charge is 0.326 e. The fourth-order valence-corrected chi connectivity index (χ4v) is 1.37. The predicted molar refractivity (Wildman–Crippen MR) is 42.1 cm³/mol. The Morgan fingerprint density at radius 3 is 1.67 bits per heavy atom. The molecule has 2 atom stereocenters. The van der Waals surface area contributed by atoms with Crippen LogP contribution in [0, 0.1) is 0 Å². The van der Waals surface area contributed by atoms with Crippen molar-refractivity contribution in [3.05, 3.63) is 0 Å². The zero-order valence-electron chi connectivity index (χ0n) is 6.55. The molecule has 0 saturated carbocycles. The van der Waals surface area contributed by atoms with Crippen molar-refractivity contribution in [3.8, 4) is 0 Å². The number of hydrogen-bond donors (Lipinski definition) is 2. The van der Waals surface area contributed by atoms with Crippen molar-refractivity contribution < 1.29 is 28.0 Å². The average molecular weight is 219 g/mol. The van der Waals surface area contributed by atoms with Gasteiger partial charge in [0.1, 0.15) is 0 Å². The molecule has 0 fully saturated rings. The second-order valence-corrected chi connectivity index (χ2v) is 3.57. The van der Waals surface area contributed by atoms with E-state index in [4.69, 9.17) is 9.79 Å². The van der Waals surface area contributed by atoms with Crippen LogP contribution < -0.4 is 0 Å². The van der Waals surface area contributed by atoms with Crippen molar-refractivity contribution in [1.82, 2.24) is 4.90 Å². The van der Waals surface area contributed by atoms with Gasteiger partial charge in [0.2, 0.25) is 6.41 Å². The summed E-state index contributed by atoms with van der Waals surface area (Å²) in [7, 11) is -3.40. The molecule has 0 bridgehead atoms. The monoisotopic (exact) mass is 219 g/mol. The second kappa shape index (κ2) is 5.83. The molecular formula is C3H11NO6P2. The summed E-state index contributed by atoms with van der Waals surface area (Å²) in [5.41, 5.74) is 0. The fourth-order valence-electron chi connectivity index (χ4n) is 0.407. The van der Waals surface area contributed by atoms with Crippen LogP contribution in [-0.4, -0.2) is 35.2 Å². The van der Waals surface area contributed by atoms with E-state index in [9.17, 15) is 9.13 Å². The first-order valence-corrected chi connectivity index (χ1v) is 5.42. The van der Waals surface area contributed by atoms with Crippen LogP contribution in [-0.2, 0) is 18.2 Å². The molecule has 74 valence electrons. The molecule has 0 spiro atoms. The first kappa shape index (κ1) is 12.3. The van der Waals surface area contributed by atoms with Gasteiger partial charge in [-0.05, 0) is 14.1 Å². The van der Waals surface area contributed by atoms with Gasteiger partial charge in [0.05, 0.1) is 0 Å². The predicted octanol–water partition coefficient (Wildman–Crippen LogP) is -0.371.